The van der Waals surface area contributed by atoms with Crippen LogP contribution >= 0.6 is 0 Å². The third-order valence-corrected chi connectivity index (χ3v) is 4.04. The van der Waals surface area contributed by atoms with Gasteiger partial charge in [-0.25, -0.2) is 0 Å². The summed E-state index contributed by atoms with van der Waals surface area (Å²) in [5, 5.41) is 0. The zero-order valence-corrected chi connectivity index (χ0v) is 10.2. The van der Waals surface area contributed by atoms with E-state index in [2.05, 4.69) is 6.92 Å². The Morgan fingerprint density at radius 3 is 3.00 bits per heavy atom. The molecule has 2 nitrogen and oxygen atoms in total. The number of hydrogen-bond donors (Lipinski definition) is 0. The molecule has 0 spiro atoms. The summed E-state index contributed by atoms with van der Waals surface area (Å²) in [6.07, 6.45) is 4.27. The SMILES string of the molecule is CC1CCC(C(=O)c2ccc3c(c2)CCO3)C1. The van der Waals surface area contributed by atoms with Gasteiger partial charge in [-0.05, 0) is 48.9 Å². The van der Waals surface area contributed by atoms with Crippen LogP contribution in [0, 0.1) is 11.8 Å². The molecule has 0 N–H and O–H groups in total. The first kappa shape index (κ1) is 10.8. The number of ketones is 1. The maximum Gasteiger partial charge on any atom is 0.165 e. The van der Waals surface area contributed by atoms with Gasteiger partial charge in [-0.1, -0.05) is 6.92 Å². The summed E-state index contributed by atoms with van der Waals surface area (Å²) in [5.74, 6) is 2.26. The molecule has 1 saturated carbocycles. The fourth-order valence-corrected chi connectivity index (χ4v) is 3.02. The molecule has 1 aliphatic heterocycles. The summed E-state index contributed by atoms with van der Waals surface area (Å²) < 4.78 is 5.46. The Hall–Kier alpha value is -1.31. The molecule has 17 heavy (non-hydrogen) atoms. The smallest absolute Gasteiger partial charge is 0.165 e. The maximum absolute atomic E-state index is 12.4. The van der Waals surface area contributed by atoms with Gasteiger partial charge in [0, 0.05) is 17.9 Å². The maximum atomic E-state index is 12.4. The fourth-order valence-electron chi connectivity index (χ4n) is 3.02. The van der Waals surface area contributed by atoms with E-state index >= 15 is 0 Å². The van der Waals surface area contributed by atoms with E-state index in [1.165, 1.54) is 12.0 Å². The van der Waals surface area contributed by atoms with E-state index in [1.54, 1.807) is 0 Å². The van der Waals surface area contributed by atoms with Gasteiger partial charge in [-0.2, -0.15) is 0 Å². The van der Waals surface area contributed by atoms with Crippen molar-refractivity contribution in [3.63, 3.8) is 0 Å². The zero-order chi connectivity index (χ0) is 11.8. The molecule has 0 saturated heterocycles. The van der Waals surface area contributed by atoms with Crippen molar-refractivity contribution in [2.45, 2.75) is 32.6 Å². The van der Waals surface area contributed by atoms with Crippen LogP contribution in [-0.4, -0.2) is 12.4 Å². The second-order valence-corrected chi connectivity index (χ2v) is 5.40. The first-order valence-corrected chi connectivity index (χ1v) is 6.54. The highest BCUT2D eigenvalue weighted by atomic mass is 16.5. The Labute approximate surface area is 102 Å². The van der Waals surface area contributed by atoms with Crippen LogP contribution in [0.25, 0.3) is 0 Å². The summed E-state index contributed by atoms with van der Waals surface area (Å²) in [5.41, 5.74) is 2.08. The molecular formula is C15H18O2. The van der Waals surface area contributed by atoms with Crippen molar-refractivity contribution in [2.75, 3.05) is 6.61 Å². The van der Waals surface area contributed by atoms with Crippen LogP contribution in [0.15, 0.2) is 18.2 Å². The Kier molecular flexibility index (Phi) is 2.65. The molecule has 0 amide bonds. The standard InChI is InChI=1S/C15H18O2/c1-10-2-3-12(8-10)15(16)13-4-5-14-11(9-13)6-7-17-14/h4-5,9-10,12H,2-3,6-8H2,1H3. The summed E-state index contributed by atoms with van der Waals surface area (Å²) >= 11 is 0. The predicted molar refractivity (Wildman–Crippen MR) is 66.5 cm³/mol. The van der Waals surface area contributed by atoms with Gasteiger partial charge in [0.2, 0.25) is 0 Å². The summed E-state index contributed by atoms with van der Waals surface area (Å²) in [7, 11) is 0. The molecule has 2 atom stereocenters. The molecule has 0 bridgehead atoms. The number of fused-ring (bicyclic) bond motifs is 1. The van der Waals surface area contributed by atoms with Gasteiger partial charge < -0.3 is 4.74 Å². The first-order chi connectivity index (χ1) is 8.24. The lowest BCUT2D eigenvalue weighted by atomic mass is 9.94. The number of carbonyl (C=O) groups is 1. The lowest BCUT2D eigenvalue weighted by molar-refractivity contribution is 0.0920. The summed E-state index contributed by atoms with van der Waals surface area (Å²) in [6, 6.07) is 5.91. The molecule has 1 aromatic rings. The molecular weight excluding hydrogens is 212 g/mol. The van der Waals surface area contributed by atoms with Crippen LogP contribution in [0.5, 0.6) is 5.75 Å². The molecule has 0 aromatic heterocycles. The topological polar surface area (TPSA) is 26.3 Å². The minimum absolute atomic E-state index is 0.255. The largest absolute Gasteiger partial charge is 0.493 e. The van der Waals surface area contributed by atoms with Crippen LogP contribution in [0.1, 0.15) is 42.1 Å². The molecule has 1 aromatic carbocycles. The van der Waals surface area contributed by atoms with E-state index in [0.717, 1.165) is 37.2 Å². The van der Waals surface area contributed by atoms with Crippen molar-refractivity contribution in [1.29, 1.82) is 0 Å². The van der Waals surface area contributed by atoms with E-state index in [9.17, 15) is 4.79 Å². The predicted octanol–water partition coefficient (Wildman–Crippen LogP) is 3.24. The van der Waals surface area contributed by atoms with Crippen molar-refractivity contribution in [3.05, 3.63) is 29.3 Å². The average Bonchev–Trinajstić information content (AvgIpc) is 2.95. The molecule has 2 heteroatoms. The van der Waals surface area contributed by atoms with Gasteiger partial charge in [0.15, 0.2) is 5.78 Å². The molecule has 2 aliphatic rings. The van der Waals surface area contributed by atoms with Crippen molar-refractivity contribution < 1.29 is 9.53 Å². The monoisotopic (exact) mass is 230 g/mol. The Bertz CT molecular complexity index is 450. The van der Waals surface area contributed by atoms with Gasteiger partial charge >= 0.3 is 0 Å². The number of Topliss-reactive ketones (excluding diaryl/α,β-unsaturated/α-hetero) is 1. The number of ether oxygens (including phenoxy) is 1. The van der Waals surface area contributed by atoms with Gasteiger partial charge in [0.05, 0.1) is 6.61 Å². The summed E-state index contributed by atoms with van der Waals surface area (Å²) in [6.45, 7) is 3.00. The molecule has 2 unspecified atom stereocenters. The minimum Gasteiger partial charge on any atom is -0.493 e. The minimum atomic E-state index is 0.255. The quantitative estimate of drug-likeness (QED) is 0.729. The molecule has 1 aliphatic carbocycles. The fraction of sp³-hybridized carbons (Fsp3) is 0.533. The van der Waals surface area contributed by atoms with Gasteiger partial charge in [-0.3, -0.25) is 4.79 Å². The lowest BCUT2D eigenvalue weighted by Crippen LogP contribution is -2.11. The van der Waals surface area contributed by atoms with Crippen LogP contribution in [-0.2, 0) is 6.42 Å². The van der Waals surface area contributed by atoms with Crippen molar-refractivity contribution in [3.8, 4) is 5.75 Å². The Balaban J connectivity index is 1.82. The third-order valence-electron chi connectivity index (χ3n) is 4.04. The number of carbonyl (C=O) groups excluding carboxylic acids is 1. The van der Waals surface area contributed by atoms with Gasteiger partial charge in [0.25, 0.3) is 0 Å². The van der Waals surface area contributed by atoms with Crippen LogP contribution in [0.2, 0.25) is 0 Å². The van der Waals surface area contributed by atoms with Gasteiger partial charge in [-0.15, -0.1) is 0 Å². The van der Waals surface area contributed by atoms with Crippen LogP contribution < -0.4 is 4.74 Å². The van der Waals surface area contributed by atoms with Crippen molar-refractivity contribution >= 4 is 5.78 Å². The van der Waals surface area contributed by atoms with E-state index < -0.39 is 0 Å². The number of rotatable bonds is 2. The Morgan fingerprint density at radius 2 is 2.24 bits per heavy atom. The van der Waals surface area contributed by atoms with E-state index in [4.69, 9.17) is 4.74 Å². The highest BCUT2D eigenvalue weighted by Gasteiger charge is 2.28. The molecule has 1 fully saturated rings. The van der Waals surface area contributed by atoms with E-state index in [0.29, 0.717) is 11.7 Å². The Morgan fingerprint density at radius 1 is 1.35 bits per heavy atom. The zero-order valence-electron chi connectivity index (χ0n) is 10.2. The molecule has 90 valence electrons. The van der Waals surface area contributed by atoms with Crippen LogP contribution in [0.3, 0.4) is 0 Å². The number of hydrogen-bond acceptors (Lipinski definition) is 2. The highest BCUT2D eigenvalue weighted by molar-refractivity contribution is 5.98. The molecule has 0 radical (unpaired) electrons. The van der Waals surface area contributed by atoms with E-state index in [-0.39, 0.29) is 5.92 Å². The third kappa shape index (κ3) is 1.97. The second kappa shape index (κ2) is 4.17. The first-order valence-electron chi connectivity index (χ1n) is 6.54. The lowest BCUT2D eigenvalue weighted by Gasteiger charge is -2.09. The summed E-state index contributed by atoms with van der Waals surface area (Å²) in [4.78, 5) is 12.4. The van der Waals surface area contributed by atoms with Crippen LogP contribution in [0.4, 0.5) is 0 Å². The van der Waals surface area contributed by atoms with E-state index in [1.807, 2.05) is 18.2 Å². The average molecular weight is 230 g/mol. The molecule has 1 heterocycles. The molecule has 3 rings (SSSR count). The van der Waals surface area contributed by atoms with Gasteiger partial charge in [0.1, 0.15) is 5.75 Å². The van der Waals surface area contributed by atoms with Crippen molar-refractivity contribution in [1.82, 2.24) is 0 Å². The normalized spacial score (nSPS) is 26.6. The second-order valence-electron chi connectivity index (χ2n) is 5.40. The highest BCUT2D eigenvalue weighted by Crippen LogP contribution is 2.34. The van der Waals surface area contributed by atoms with Crippen molar-refractivity contribution in [2.24, 2.45) is 11.8 Å². The number of benzene rings is 1.